The minimum atomic E-state index is -3.28. The first-order valence-corrected chi connectivity index (χ1v) is 8.18. The van der Waals surface area contributed by atoms with Crippen molar-refractivity contribution in [3.8, 4) is 0 Å². The number of benzene rings is 1. The van der Waals surface area contributed by atoms with Gasteiger partial charge in [0.1, 0.15) is 0 Å². The van der Waals surface area contributed by atoms with Gasteiger partial charge in [0.15, 0.2) is 0 Å². The molecule has 5 nitrogen and oxygen atoms in total. The Morgan fingerprint density at radius 2 is 2.00 bits per heavy atom. The molecule has 0 N–H and O–H groups in total. The van der Waals surface area contributed by atoms with E-state index in [-0.39, 0.29) is 5.75 Å². The summed E-state index contributed by atoms with van der Waals surface area (Å²) in [5, 5.41) is 0. The average molecular weight is 291 g/mol. The molecule has 2 aromatic rings. The topological polar surface area (TPSA) is 55.2 Å². The molecule has 2 heterocycles. The molecule has 6 heteroatoms. The van der Waals surface area contributed by atoms with Crippen LogP contribution < -0.4 is 0 Å². The van der Waals surface area contributed by atoms with Crippen LogP contribution in [0.5, 0.6) is 0 Å². The molecule has 20 heavy (non-hydrogen) atoms. The fourth-order valence-electron chi connectivity index (χ4n) is 2.51. The van der Waals surface area contributed by atoms with Crippen LogP contribution >= 0.6 is 0 Å². The maximum Gasteiger partial charge on any atom is 0.218 e. The summed E-state index contributed by atoms with van der Waals surface area (Å²) in [7, 11) is -1.38. The van der Waals surface area contributed by atoms with Crippen molar-refractivity contribution in [2.45, 2.75) is 18.7 Å². The second kappa shape index (κ2) is 5.03. The molecule has 3 rings (SSSR count). The van der Waals surface area contributed by atoms with Crippen molar-refractivity contribution >= 4 is 10.0 Å². The van der Waals surface area contributed by atoms with E-state index in [1.165, 1.54) is 0 Å². The quantitative estimate of drug-likeness (QED) is 0.856. The van der Waals surface area contributed by atoms with Crippen LogP contribution in [0.15, 0.2) is 36.7 Å². The average Bonchev–Trinajstić information content (AvgIpc) is 2.81. The highest BCUT2D eigenvalue weighted by molar-refractivity contribution is 7.88. The Hall–Kier alpha value is -1.66. The van der Waals surface area contributed by atoms with Crippen LogP contribution in [0.4, 0.5) is 0 Å². The van der Waals surface area contributed by atoms with Gasteiger partial charge in [-0.1, -0.05) is 30.3 Å². The van der Waals surface area contributed by atoms with E-state index >= 15 is 0 Å². The first kappa shape index (κ1) is 13.3. The Morgan fingerprint density at radius 3 is 2.75 bits per heavy atom. The molecule has 0 fully saturated rings. The molecular formula is C14H17N3O2S. The molecular weight excluding hydrogens is 274 g/mol. The van der Waals surface area contributed by atoms with Crippen molar-refractivity contribution in [3.63, 3.8) is 0 Å². The van der Waals surface area contributed by atoms with Gasteiger partial charge in [-0.25, -0.2) is 13.4 Å². The number of rotatable bonds is 3. The van der Waals surface area contributed by atoms with E-state index in [1.54, 1.807) is 10.6 Å². The molecule has 0 unspecified atom stereocenters. The molecule has 0 saturated heterocycles. The molecule has 1 aliphatic heterocycles. The van der Waals surface area contributed by atoms with E-state index in [1.807, 2.05) is 41.9 Å². The molecule has 0 radical (unpaired) electrons. The van der Waals surface area contributed by atoms with Gasteiger partial charge in [-0.15, -0.1) is 0 Å². The Bertz CT molecular complexity index is 707. The van der Waals surface area contributed by atoms with Gasteiger partial charge in [0.05, 0.1) is 30.0 Å². The molecule has 0 amide bonds. The molecule has 1 aromatic carbocycles. The lowest BCUT2D eigenvalue weighted by Gasteiger charge is -2.26. The second-order valence-electron chi connectivity index (χ2n) is 5.07. The number of sulfonamides is 1. The zero-order valence-corrected chi connectivity index (χ0v) is 12.2. The van der Waals surface area contributed by atoms with Crippen LogP contribution in [-0.4, -0.2) is 28.8 Å². The predicted octanol–water partition coefficient (Wildman–Crippen LogP) is 1.31. The first-order chi connectivity index (χ1) is 9.56. The Labute approximate surface area is 118 Å². The van der Waals surface area contributed by atoms with Gasteiger partial charge in [-0.2, -0.15) is 4.31 Å². The van der Waals surface area contributed by atoms with E-state index in [4.69, 9.17) is 0 Å². The van der Waals surface area contributed by atoms with Gasteiger partial charge in [-0.05, 0) is 5.56 Å². The maximum atomic E-state index is 12.5. The number of hydrogen-bond acceptors (Lipinski definition) is 3. The number of hydrogen-bond donors (Lipinski definition) is 0. The van der Waals surface area contributed by atoms with Gasteiger partial charge < -0.3 is 4.57 Å². The van der Waals surface area contributed by atoms with Gasteiger partial charge in [0, 0.05) is 20.0 Å². The van der Waals surface area contributed by atoms with Crippen molar-refractivity contribution in [2.75, 3.05) is 6.54 Å². The largest absolute Gasteiger partial charge is 0.336 e. The Kier molecular flexibility index (Phi) is 3.35. The molecule has 0 aliphatic carbocycles. The summed E-state index contributed by atoms with van der Waals surface area (Å²) >= 11 is 0. The summed E-state index contributed by atoms with van der Waals surface area (Å²) in [6.45, 7) is 0.931. The van der Waals surface area contributed by atoms with E-state index in [0.29, 0.717) is 19.5 Å². The third-order valence-electron chi connectivity index (χ3n) is 3.66. The third-order valence-corrected chi connectivity index (χ3v) is 5.45. The zero-order valence-electron chi connectivity index (χ0n) is 11.4. The number of nitrogens with zero attached hydrogens (tertiary/aromatic N) is 3. The SMILES string of the molecule is Cn1cnc2c1CN(S(=O)(=O)Cc1ccccc1)CC2. The predicted molar refractivity (Wildman–Crippen MR) is 76.4 cm³/mol. The van der Waals surface area contributed by atoms with Crippen molar-refractivity contribution < 1.29 is 8.42 Å². The lowest BCUT2D eigenvalue weighted by atomic mass is 10.2. The van der Waals surface area contributed by atoms with E-state index in [2.05, 4.69) is 4.98 Å². The van der Waals surface area contributed by atoms with Gasteiger partial charge in [0.25, 0.3) is 0 Å². The van der Waals surface area contributed by atoms with Crippen LogP contribution in [0.3, 0.4) is 0 Å². The highest BCUT2D eigenvalue weighted by Crippen LogP contribution is 2.21. The third kappa shape index (κ3) is 2.48. The number of aromatic nitrogens is 2. The van der Waals surface area contributed by atoms with E-state index < -0.39 is 10.0 Å². The monoisotopic (exact) mass is 291 g/mol. The van der Waals surface area contributed by atoms with Crippen molar-refractivity contribution in [3.05, 3.63) is 53.6 Å². The van der Waals surface area contributed by atoms with Crippen LogP contribution in [0.25, 0.3) is 0 Å². The molecule has 0 bridgehead atoms. The fourth-order valence-corrected chi connectivity index (χ4v) is 3.99. The summed E-state index contributed by atoms with van der Waals surface area (Å²) in [4.78, 5) is 4.30. The minimum Gasteiger partial charge on any atom is -0.336 e. The minimum absolute atomic E-state index is 0.0566. The highest BCUT2D eigenvalue weighted by atomic mass is 32.2. The summed E-state index contributed by atoms with van der Waals surface area (Å²) in [5.74, 6) is 0.0566. The number of aryl methyl sites for hydroxylation is 1. The standard InChI is InChI=1S/C14H17N3O2S/c1-16-11-15-13-7-8-17(9-14(13)16)20(18,19)10-12-5-3-2-4-6-12/h2-6,11H,7-10H2,1H3. The number of imidazole rings is 1. The van der Waals surface area contributed by atoms with Crippen molar-refractivity contribution in [1.29, 1.82) is 0 Å². The lowest BCUT2D eigenvalue weighted by molar-refractivity contribution is 0.379. The van der Waals surface area contributed by atoms with Gasteiger partial charge in [-0.3, -0.25) is 0 Å². The molecule has 0 saturated carbocycles. The normalized spacial score (nSPS) is 16.1. The molecule has 1 aliphatic rings. The molecule has 0 spiro atoms. The second-order valence-corrected chi connectivity index (χ2v) is 7.04. The maximum absolute atomic E-state index is 12.5. The van der Waals surface area contributed by atoms with Crippen molar-refractivity contribution in [2.24, 2.45) is 7.05 Å². The van der Waals surface area contributed by atoms with Gasteiger partial charge >= 0.3 is 0 Å². The van der Waals surface area contributed by atoms with E-state index in [0.717, 1.165) is 17.0 Å². The van der Waals surface area contributed by atoms with Crippen LogP contribution in [0, 0.1) is 0 Å². The highest BCUT2D eigenvalue weighted by Gasteiger charge is 2.28. The first-order valence-electron chi connectivity index (χ1n) is 6.57. The summed E-state index contributed by atoms with van der Waals surface area (Å²) in [6, 6.07) is 9.30. The van der Waals surface area contributed by atoms with Crippen molar-refractivity contribution in [1.82, 2.24) is 13.9 Å². The van der Waals surface area contributed by atoms with Crippen LogP contribution in [0.1, 0.15) is 17.0 Å². The van der Waals surface area contributed by atoms with Crippen LogP contribution in [0.2, 0.25) is 0 Å². The Morgan fingerprint density at radius 1 is 1.25 bits per heavy atom. The molecule has 1 aromatic heterocycles. The van der Waals surface area contributed by atoms with E-state index in [9.17, 15) is 8.42 Å². The summed E-state index contributed by atoms with van der Waals surface area (Å²) in [5.41, 5.74) is 2.83. The smallest absolute Gasteiger partial charge is 0.218 e. The fraction of sp³-hybridized carbons (Fsp3) is 0.357. The van der Waals surface area contributed by atoms with Gasteiger partial charge in [0.2, 0.25) is 10.0 Å². The zero-order chi connectivity index (χ0) is 14.2. The lowest BCUT2D eigenvalue weighted by Crippen LogP contribution is -2.37. The summed E-state index contributed by atoms with van der Waals surface area (Å²) in [6.07, 6.45) is 2.43. The Balaban J connectivity index is 1.81. The van der Waals surface area contributed by atoms with Crippen LogP contribution in [-0.2, 0) is 35.8 Å². The summed E-state index contributed by atoms with van der Waals surface area (Å²) < 4.78 is 28.5. The molecule has 0 atom stereocenters. The molecule has 106 valence electrons. The number of fused-ring (bicyclic) bond motifs is 1.